The summed E-state index contributed by atoms with van der Waals surface area (Å²) >= 11 is 0. The SMILES string of the molecule is CC(C)c1ccc(Nc2ncnc(Nc3ccc(Oc4ccccc4)cc3)c2N)cc1. The van der Waals surface area contributed by atoms with Gasteiger partial charge < -0.3 is 21.1 Å². The molecular weight excluding hydrogens is 386 g/mol. The highest BCUT2D eigenvalue weighted by molar-refractivity contribution is 5.80. The normalized spacial score (nSPS) is 10.7. The van der Waals surface area contributed by atoms with E-state index in [2.05, 4.69) is 46.6 Å². The summed E-state index contributed by atoms with van der Waals surface area (Å²) in [5.41, 5.74) is 9.80. The molecule has 0 saturated heterocycles. The lowest BCUT2D eigenvalue weighted by atomic mass is 10.0. The van der Waals surface area contributed by atoms with Crippen LogP contribution in [0.25, 0.3) is 0 Å². The van der Waals surface area contributed by atoms with Crippen LogP contribution in [0.4, 0.5) is 28.7 Å². The standard InChI is InChI=1S/C25H25N5O/c1-17(2)18-8-10-19(11-9-18)29-24-23(26)25(28-16-27-24)30-20-12-14-22(15-13-20)31-21-6-4-3-5-7-21/h3-17H,26H2,1-2H3,(H2,27,28,29,30). The van der Waals surface area contributed by atoms with Gasteiger partial charge in [-0.2, -0.15) is 0 Å². The van der Waals surface area contributed by atoms with Crippen LogP contribution in [0, 0.1) is 0 Å². The van der Waals surface area contributed by atoms with Gasteiger partial charge in [-0.15, -0.1) is 0 Å². The van der Waals surface area contributed by atoms with Gasteiger partial charge in [0.2, 0.25) is 0 Å². The molecule has 6 heteroatoms. The molecule has 0 aliphatic rings. The highest BCUT2D eigenvalue weighted by Crippen LogP contribution is 2.30. The van der Waals surface area contributed by atoms with Crippen LogP contribution in [0.15, 0.2) is 85.2 Å². The highest BCUT2D eigenvalue weighted by Gasteiger charge is 2.09. The van der Waals surface area contributed by atoms with Gasteiger partial charge >= 0.3 is 0 Å². The Balaban J connectivity index is 1.45. The van der Waals surface area contributed by atoms with Crippen molar-refractivity contribution in [1.29, 1.82) is 0 Å². The summed E-state index contributed by atoms with van der Waals surface area (Å²) in [5, 5.41) is 6.51. The number of rotatable bonds is 7. The van der Waals surface area contributed by atoms with Crippen molar-refractivity contribution in [2.24, 2.45) is 0 Å². The number of nitrogens with zero attached hydrogens (tertiary/aromatic N) is 2. The Labute approximate surface area is 182 Å². The minimum absolute atomic E-state index is 0.444. The van der Waals surface area contributed by atoms with Gasteiger partial charge in [-0.3, -0.25) is 0 Å². The molecule has 0 saturated carbocycles. The van der Waals surface area contributed by atoms with Crippen LogP contribution < -0.4 is 21.1 Å². The van der Waals surface area contributed by atoms with E-state index in [9.17, 15) is 0 Å². The van der Waals surface area contributed by atoms with Crippen molar-refractivity contribution in [3.63, 3.8) is 0 Å². The Morgan fingerprint density at radius 2 is 1.23 bits per heavy atom. The number of hydrogen-bond acceptors (Lipinski definition) is 6. The Morgan fingerprint density at radius 3 is 1.77 bits per heavy atom. The summed E-state index contributed by atoms with van der Waals surface area (Å²) in [5.74, 6) is 3.12. The first-order valence-corrected chi connectivity index (χ1v) is 10.2. The van der Waals surface area contributed by atoms with Gasteiger partial charge in [-0.1, -0.05) is 44.2 Å². The fourth-order valence-corrected chi connectivity index (χ4v) is 3.05. The summed E-state index contributed by atoms with van der Waals surface area (Å²) in [7, 11) is 0. The van der Waals surface area contributed by atoms with Crippen LogP contribution in [0.3, 0.4) is 0 Å². The number of ether oxygens (including phenoxy) is 1. The third kappa shape index (κ3) is 5.11. The van der Waals surface area contributed by atoms with E-state index in [1.54, 1.807) is 0 Å². The molecule has 0 bridgehead atoms. The fourth-order valence-electron chi connectivity index (χ4n) is 3.05. The number of nitrogens with one attached hydrogen (secondary N) is 2. The predicted molar refractivity (Wildman–Crippen MR) is 126 cm³/mol. The minimum atomic E-state index is 0.444. The summed E-state index contributed by atoms with van der Waals surface area (Å²) in [4.78, 5) is 8.57. The van der Waals surface area contributed by atoms with E-state index < -0.39 is 0 Å². The molecule has 3 aromatic carbocycles. The van der Waals surface area contributed by atoms with E-state index in [0.717, 1.165) is 22.9 Å². The number of anilines is 5. The quantitative estimate of drug-likeness (QED) is 0.323. The Kier molecular flexibility index (Phi) is 5.98. The largest absolute Gasteiger partial charge is 0.457 e. The second kappa shape index (κ2) is 9.17. The van der Waals surface area contributed by atoms with Crippen molar-refractivity contribution in [2.75, 3.05) is 16.4 Å². The molecule has 6 nitrogen and oxygen atoms in total. The summed E-state index contributed by atoms with van der Waals surface area (Å²) in [6.45, 7) is 4.34. The van der Waals surface area contributed by atoms with E-state index in [4.69, 9.17) is 10.5 Å². The Morgan fingerprint density at radius 1 is 0.710 bits per heavy atom. The molecule has 4 N–H and O–H groups in total. The van der Waals surface area contributed by atoms with E-state index in [1.807, 2.05) is 66.7 Å². The molecule has 4 aromatic rings. The molecule has 0 radical (unpaired) electrons. The van der Waals surface area contributed by atoms with Crippen LogP contribution in [0.1, 0.15) is 25.3 Å². The molecular formula is C25H25N5O. The number of para-hydroxylation sites is 1. The number of nitrogen functional groups attached to an aromatic ring is 1. The fraction of sp³-hybridized carbons (Fsp3) is 0.120. The zero-order chi connectivity index (χ0) is 21.6. The smallest absolute Gasteiger partial charge is 0.159 e. The molecule has 0 spiro atoms. The molecule has 31 heavy (non-hydrogen) atoms. The maximum atomic E-state index is 6.31. The van der Waals surface area contributed by atoms with Gasteiger partial charge in [0.05, 0.1) is 0 Å². The first kappa shape index (κ1) is 20.2. The van der Waals surface area contributed by atoms with Crippen molar-refractivity contribution in [2.45, 2.75) is 19.8 Å². The first-order chi connectivity index (χ1) is 15.1. The monoisotopic (exact) mass is 411 g/mol. The van der Waals surface area contributed by atoms with Gasteiger partial charge in [0, 0.05) is 11.4 Å². The maximum Gasteiger partial charge on any atom is 0.159 e. The second-order valence-corrected chi connectivity index (χ2v) is 7.45. The van der Waals surface area contributed by atoms with Gasteiger partial charge in [-0.05, 0) is 60.0 Å². The average Bonchev–Trinajstić information content (AvgIpc) is 2.79. The van der Waals surface area contributed by atoms with E-state index in [0.29, 0.717) is 23.2 Å². The number of hydrogen-bond donors (Lipinski definition) is 3. The molecule has 0 amide bonds. The lowest BCUT2D eigenvalue weighted by molar-refractivity contribution is 0.483. The van der Waals surface area contributed by atoms with Crippen molar-refractivity contribution in [1.82, 2.24) is 9.97 Å². The van der Waals surface area contributed by atoms with Crippen LogP contribution in [0.5, 0.6) is 11.5 Å². The summed E-state index contributed by atoms with van der Waals surface area (Å²) in [6, 6.07) is 25.5. The molecule has 1 heterocycles. The number of nitrogens with two attached hydrogens (primary N) is 1. The van der Waals surface area contributed by atoms with Gasteiger partial charge in [0.1, 0.15) is 23.5 Å². The molecule has 0 fully saturated rings. The summed E-state index contributed by atoms with van der Waals surface area (Å²) < 4.78 is 5.83. The third-order valence-corrected chi connectivity index (χ3v) is 4.82. The average molecular weight is 412 g/mol. The highest BCUT2D eigenvalue weighted by atomic mass is 16.5. The van der Waals surface area contributed by atoms with Crippen molar-refractivity contribution >= 4 is 28.7 Å². The Bertz CT molecular complexity index is 1130. The zero-order valence-corrected chi connectivity index (χ0v) is 17.5. The minimum Gasteiger partial charge on any atom is -0.457 e. The number of benzene rings is 3. The molecule has 0 unspecified atom stereocenters. The molecule has 156 valence electrons. The lowest BCUT2D eigenvalue weighted by Crippen LogP contribution is -2.05. The summed E-state index contributed by atoms with van der Waals surface area (Å²) in [6.07, 6.45) is 1.48. The van der Waals surface area contributed by atoms with Crippen molar-refractivity contribution in [3.8, 4) is 11.5 Å². The third-order valence-electron chi connectivity index (χ3n) is 4.82. The molecule has 1 aromatic heterocycles. The van der Waals surface area contributed by atoms with Crippen LogP contribution in [0.2, 0.25) is 0 Å². The van der Waals surface area contributed by atoms with Crippen molar-refractivity contribution in [3.05, 3.63) is 90.8 Å². The van der Waals surface area contributed by atoms with Crippen LogP contribution in [-0.2, 0) is 0 Å². The lowest BCUT2D eigenvalue weighted by Gasteiger charge is -2.13. The van der Waals surface area contributed by atoms with Crippen LogP contribution in [-0.4, -0.2) is 9.97 Å². The first-order valence-electron chi connectivity index (χ1n) is 10.2. The zero-order valence-electron chi connectivity index (χ0n) is 17.5. The topological polar surface area (TPSA) is 85.1 Å². The van der Waals surface area contributed by atoms with E-state index >= 15 is 0 Å². The van der Waals surface area contributed by atoms with Gasteiger partial charge in [0.25, 0.3) is 0 Å². The molecule has 0 atom stereocenters. The molecule has 4 rings (SSSR count). The molecule has 0 aliphatic carbocycles. The van der Waals surface area contributed by atoms with E-state index in [-0.39, 0.29) is 0 Å². The second-order valence-electron chi connectivity index (χ2n) is 7.45. The van der Waals surface area contributed by atoms with Crippen LogP contribution >= 0.6 is 0 Å². The molecule has 0 aliphatic heterocycles. The van der Waals surface area contributed by atoms with E-state index in [1.165, 1.54) is 11.9 Å². The maximum absolute atomic E-state index is 6.31. The Hall–Kier alpha value is -4.06. The number of aromatic nitrogens is 2. The van der Waals surface area contributed by atoms with Gasteiger partial charge in [0.15, 0.2) is 11.6 Å². The van der Waals surface area contributed by atoms with Gasteiger partial charge in [-0.25, -0.2) is 9.97 Å². The predicted octanol–water partition coefficient (Wildman–Crippen LogP) is 6.46. The van der Waals surface area contributed by atoms with Crippen molar-refractivity contribution < 1.29 is 4.74 Å².